The summed E-state index contributed by atoms with van der Waals surface area (Å²) >= 11 is 1.61. The van der Waals surface area contributed by atoms with Crippen LogP contribution >= 0.6 is 11.3 Å². The molecule has 0 spiro atoms. The standard InChI is InChI=1S/C9H10NOS.Li/c1-9(2)6-11-8(10-9)7-4-3-5-12-7;/h3,5H,6H2,1-2H3;/q-1;+1. The van der Waals surface area contributed by atoms with Crippen molar-refractivity contribution in [2.75, 3.05) is 6.61 Å². The Bertz CT molecular complexity index is 305. The molecule has 1 aromatic rings. The van der Waals surface area contributed by atoms with Gasteiger partial charge in [0.2, 0.25) is 0 Å². The summed E-state index contributed by atoms with van der Waals surface area (Å²) in [7, 11) is 0. The monoisotopic (exact) mass is 187 g/mol. The van der Waals surface area contributed by atoms with Gasteiger partial charge in [0.25, 0.3) is 0 Å². The van der Waals surface area contributed by atoms with E-state index in [0.29, 0.717) is 6.61 Å². The van der Waals surface area contributed by atoms with Crippen LogP contribution in [0.5, 0.6) is 0 Å². The SMILES string of the molecule is CC1(C)COC(c2[c-]ccs2)=N1.[Li+]. The summed E-state index contributed by atoms with van der Waals surface area (Å²) < 4.78 is 5.44. The molecule has 0 aromatic carbocycles. The molecule has 4 heteroatoms. The topological polar surface area (TPSA) is 21.6 Å². The first-order chi connectivity index (χ1) is 5.67. The molecule has 0 bridgehead atoms. The van der Waals surface area contributed by atoms with E-state index in [4.69, 9.17) is 4.74 Å². The molecular formula is C9H10LiNOS. The fraction of sp³-hybridized carbons (Fsp3) is 0.444. The summed E-state index contributed by atoms with van der Waals surface area (Å²) in [5.41, 5.74) is -0.0623. The van der Waals surface area contributed by atoms with Crippen LogP contribution in [0, 0.1) is 6.07 Å². The Morgan fingerprint density at radius 1 is 1.62 bits per heavy atom. The van der Waals surface area contributed by atoms with Gasteiger partial charge in [0.05, 0.1) is 12.1 Å². The van der Waals surface area contributed by atoms with Crippen LogP contribution in [0.1, 0.15) is 18.7 Å². The average molecular weight is 187 g/mol. The van der Waals surface area contributed by atoms with Gasteiger partial charge in [0, 0.05) is 0 Å². The molecule has 1 aliphatic rings. The fourth-order valence-corrected chi connectivity index (χ4v) is 1.67. The molecule has 0 N–H and O–H groups in total. The predicted octanol–water partition coefficient (Wildman–Crippen LogP) is -0.892. The largest absolute Gasteiger partial charge is 1.00 e. The Morgan fingerprint density at radius 2 is 2.38 bits per heavy atom. The Balaban J connectivity index is 0.000000845. The van der Waals surface area contributed by atoms with Crippen molar-refractivity contribution in [2.24, 2.45) is 4.99 Å². The molecule has 2 nitrogen and oxygen atoms in total. The number of rotatable bonds is 1. The van der Waals surface area contributed by atoms with Crippen molar-refractivity contribution in [3.63, 3.8) is 0 Å². The van der Waals surface area contributed by atoms with Crippen LogP contribution in [0.2, 0.25) is 0 Å². The maximum atomic E-state index is 5.44. The zero-order valence-electron chi connectivity index (χ0n) is 8.13. The normalized spacial score (nSPS) is 18.8. The van der Waals surface area contributed by atoms with Crippen LogP contribution in [0.15, 0.2) is 16.4 Å². The van der Waals surface area contributed by atoms with Crippen LogP contribution in [-0.4, -0.2) is 18.0 Å². The van der Waals surface area contributed by atoms with Gasteiger partial charge >= 0.3 is 18.9 Å². The molecule has 0 saturated carbocycles. The third-order valence-corrected chi connectivity index (χ3v) is 2.43. The number of hydrogen-bond donors (Lipinski definition) is 0. The van der Waals surface area contributed by atoms with Gasteiger partial charge in [-0.1, -0.05) is 0 Å². The molecule has 1 aliphatic heterocycles. The van der Waals surface area contributed by atoms with E-state index in [-0.39, 0.29) is 24.4 Å². The molecule has 0 radical (unpaired) electrons. The van der Waals surface area contributed by atoms with Gasteiger partial charge in [-0.25, -0.2) is 11.3 Å². The van der Waals surface area contributed by atoms with E-state index < -0.39 is 0 Å². The first kappa shape index (κ1) is 10.8. The van der Waals surface area contributed by atoms with Crippen molar-refractivity contribution in [1.29, 1.82) is 0 Å². The molecule has 0 unspecified atom stereocenters. The second kappa shape index (κ2) is 3.87. The minimum atomic E-state index is -0.0623. The second-order valence-corrected chi connectivity index (χ2v) is 4.33. The molecule has 0 fully saturated rings. The number of thiophene rings is 1. The summed E-state index contributed by atoms with van der Waals surface area (Å²) in [6, 6.07) is 4.97. The predicted molar refractivity (Wildman–Crippen MR) is 49.7 cm³/mol. The van der Waals surface area contributed by atoms with Crippen LogP contribution in [0.25, 0.3) is 0 Å². The van der Waals surface area contributed by atoms with Gasteiger partial charge in [-0.05, 0) is 18.7 Å². The van der Waals surface area contributed by atoms with Crippen molar-refractivity contribution in [3.05, 3.63) is 22.4 Å². The quantitative estimate of drug-likeness (QED) is 0.413. The number of hydrogen-bond acceptors (Lipinski definition) is 3. The zero-order chi connectivity index (χ0) is 8.60. The molecule has 0 atom stereocenters. The number of aliphatic imine (C=N–C) groups is 1. The summed E-state index contributed by atoms with van der Waals surface area (Å²) in [6.45, 7) is 4.80. The van der Waals surface area contributed by atoms with Gasteiger partial charge in [0.15, 0.2) is 0 Å². The van der Waals surface area contributed by atoms with Crippen LogP contribution in [0.4, 0.5) is 0 Å². The molecule has 64 valence electrons. The Morgan fingerprint density at radius 3 is 2.85 bits per heavy atom. The first-order valence-corrected chi connectivity index (χ1v) is 4.74. The van der Waals surface area contributed by atoms with Crippen molar-refractivity contribution in [1.82, 2.24) is 0 Å². The van der Waals surface area contributed by atoms with Gasteiger partial charge in [-0.3, -0.25) is 0 Å². The molecule has 13 heavy (non-hydrogen) atoms. The van der Waals surface area contributed by atoms with Gasteiger partial charge in [-0.15, -0.1) is 5.38 Å². The third kappa shape index (κ3) is 2.37. The minimum Gasteiger partial charge on any atom is -0.530 e. The molecule has 0 saturated heterocycles. The van der Waals surface area contributed by atoms with Crippen LogP contribution in [-0.2, 0) is 4.74 Å². The van der Waals surface area contributed by atoms with Gasteiger partial charge in [0.1, 0.15) is 5.90 Å². The van der Waals surface area contributed by atoms with Crippen molar-refractivity contribution < 1.29 is 23.6 Å². The molecule has 0 aliphatic carbocycles. The summed E-state index contributed by atoms with van der Waals surface area (Å²) in [5, 5.41) is 1.98. The Hall–Kier alpha value is -0.233. The van der Waals surface area contributed by atoms with E-state index in [0.717, 1.165) is 10.8 Å². The molecule has 0 amide bonds. The molecule has 2 heterocycles. The van der Waals surface area contributed by atoms with E-state index in [1.165, 1.54) is 0 Å². The zero-order valence-corrected chi connectivity index (χ0v) is 8.94. The maximum absolute atomic E-state index is 5.44. The second-order valence-electron chi connectivity index (χ2n) is 3.41. The van der Waals surface area contributed by atoms with E-state index in [1.54, 1.807) is 11.3 Å². The fourth-order valence-electron chi connectivity index (χ4n) is 1.06. The summed E-state index contributed by atoms with van der Waals surface area (Å²) in [6.07, 6.45) is 0. The van der Waals surface area contributed by atoms with E-state index in [1.807, 2.05) is 11.4 Å². The smallest absolute Gasteiger partial charge is 0.530 e. The van der Waals surface area contributed by atoms with E-state index in [2.05, 4.69) is 24.9 Å². The van der Waals surface area contributed by atoms with Gasteiger partial charge < -0.3 is 9.73 Å². The number of ether oxygens (including phenoxy) is 1. The van der Waals surface area contributed by atoms with Crippen molar-refractivity contribution in [2.45, 2.75) is 19.4 Å². The summed E-state index contributed by atoms with van der Waals surface area (Å²) in [5.74, 6) is 0.745. The van der Waals surface area contributed by atoms with Crippen molar-refractivity contribution in [3.8, 4) is 0 Å². The van der Waals surface area contributed by atoms with E-state index >= 15 is 0 Å². The average Bonchev–Trinajstić information content (AvgIpc) is 2.55. The molecular weight excluding hydrogens is 177 g/mol. The number of nitrogens with zero attached hydrogens (tertiary/aromatic N) is 1. The summed E-state index contributed by atoms with van der Waals surface area (Å²) in [4.78, 5) is 5.44. The first-order valence-electron chi connectivity index (χ1n) is 3.86. The van der Waals surface area contributed by atoms with Crippen molar-refractivity contribution >= 4 is 17.2 Å². The van der Waals surface area contributed by atoms with Crippen LogP contribution in [0.3, 0.4) is 0 Å². The third-order valence-electron chi connectivity index (χ3n) is 1.63. The maximum Gasteiger partial charge on any atom is 1.00 e. The minimum absolute atomic E-state index is 0. The Labute approximate surface area is 94.2 Å². The molecule has 2 rings (SSSR count). The Kier molecular flexibility index (Phi) is 3.23. The van der Waals surface area contributed by atoms with Gasteiger partial charge in [-0.2, -0.15) is 12.1 Å². The van der Waals surface area contributed by atoms with E-state index in [9.17, 15) is 0 Å². The molecule has 1 aromatic heterocycles. The van der Waals surface area contributed by atoms with Crippen LogP contribution < -0.4 is 18.9 Å².